The van der Waals surface area contributed by atoms with Gasteiger partial charge in [-0.2, -0.15) is 5.10 Å². The molecule has 8 heteroatoms. The van der Waals surface area contributed by atoms with Gasteiger partial charge in [0.15, 0.2) is 12.6 Å². The van der Waals surface area contributed by atoms with Crippen LogP contribution in [0.5, 0.6) is 5.75 Å². The highest BCUT2D eigenvalue weighted by atomic mass is 16.5. The molecule has 8 nitrogen and oxygen atoms in total. The second kappa shape index (κ2) is 10.8. The van der Waals surface area contributed by atoms with Crippen LogP contribution in [-0.4, -0.2) is 46.7 Å². The molecule has 2 aromatic carbocycles. The molecule has 31 heavy (non-hydrogen) atoms. The summed E-state index contributed by atoms with van der Waals surface area (Å²) in [5, 5.41) is 7.78. The predicted octanol–water partition coefficient (Wildman–Crippen LogP) is 2.33. The molecule has 0 unspecified atom stereocenters. The Hall–Kier alpha value is -3.81. The summed E-state index contributed by atoms with van der Waals surface area (Å²) in [6, 6.07) is 17.5. The Morgan fingerprint density at radius 3 is 2.74 bits per heavy atom. The van der Waals surface area contributed by atoms with Crippen LogP contribution in [0.2, 0.25) is 0 Å². The fourth-order valence-electron chi connectivity index (χ4n) is 3.04. The summed E-state index contributed by atoms with van der Waals surface area (Å²) >= 11 is 0. The molecule has 1 heterocycles. The van der Waals surface area contributed by atoms with Crippen LogP contribution in [0.4, 0.5) is 0 Å². The van der Waals surface area contributed by atoms with E-state index in [-0.39, 0.29) is 6.61 Å². The van der Waals surface area contributed by atoms with E-state index in [1.165, 1.54) is 0 Å². The first-order valence-electron chi connectivity index (χ1n) is 10.1. The van der Waals surface area contributed by atoms with E-state index < -0.39 is 5.91 Å². The lowest BCUT2D eigenvalue weighted by atomic mass is 10.2. The summed E-state index contributed by atoms with van der Waals surface area (Å²) in [6.45, 7) is 3.79. The van der Waals surface area contributed by atoms with E-state index in [0.29, 0.717) is 18.8 Å². The Labute approximate surface area is 182 Å². The van der Waals surface area contributed by atoms with Crippen LogP contribution in [0, 0.1) is 0 Å². The first-order valence-corrected chi connectivity index (χ1v) is 10.1. The minimum Gasteiger partial charge on any atom is -0.484 e. The van der Waals surface area contributed by atoms with E-state index in [1.54, 1.807) is 6.07 Å². The van der Waals surface area contributed by atoms with Gasteiger partial charge in [0, 0.05) is 31.9 Å². The molecule has 0 bridgehead atoms. The Morgan fingerprint density at radius 2 is 2.00 bits per heavy atom. The summed E-state index contributed by atoms with van der Waals surface area (Å²) in [5.41, 5.74) is 8.22. The minimum absolute atomic E-state index is 0.144. The molecule has 0 aliphatic carbocycles. The highest BCUT2D eigenvalue weighted by Gasteiger charge is 2.09. The van der Waals surface area contributed by atoms with Gasteiger partial charge in [0.05, 0.1) is 18.4 Å². The van der Waals surface area contributed by atoms with Crippen LogP contribution < -0.4 is 15.8 Å². The van der Waals surface area contributed by atoms with Crippen molar-refractivity contribution >= 4 is 11.9 Å². The lowest BCUT2D eigenvalue weighted by Crippen LogP contribution is -2.38. The highest BCUT2D eigenvalue weighted by molar-refractivity contribution is 5.79. The fraction of sp³-hybridized carbons (Fsp3) is 0.261. The maximum Gasteiger partial charge on any atom is 0.255 e. The van der Waals surface area contributed by atoms with Crippen LogP contribution in [0.25, 0.3) is 5.69 Å². The summed E-state index contributed by atoms with van der Waals surface area (Å²) < 4.78 is 7.24. The van der Waals surface area contributed by atoms with Crippen LogP contribution in [-0.2, 0) is 17.9 Å². The molecule has 3 aromatic rings. The van der Waals surface area contributed by atoms with Gasteiger partial charge in [0.2, 0.25) is 0 Å². The van der Waals surface area contributed by atoms with Crippen molar-refractivity contribution in [2.24, 2.45) is 10.7 Å². The van der Waals surface area contributed by atoms with Crippen molar-refractivity contribution in [3.63, 3.8) is 0 Å². The summed E-state index contributed by atoms with van der Waals surface area (Å²) in [7, 11) is 1.99. The third-order valence-corrected chi connectivity index (χ3v) is 4.46. The number of rotatable bonds is 9. The summed E-state index contributed by atoms with van der Waals surface area (Å²) in [5.74, 6) is 0.881. The number of nitrogens with two attached hydrogens (primary N) is 1. The van der Waals surface area contributed by atoms with Crippen molar-refractivity contribution in [1.29, 1.82) is 0 Å². The second-order valence-corrected chi connectivity index (χ2v) is 7.06. The van der Waals surface area contributed by atoms with Crippen LogP contribution in [0.3, 0.4) is 0 Å². The molecule has 1 amide bonds. The fourth-order valence-corrected chi connectivity index (χ4v) is 3.04. The van der Waals surface area contributed by atoms with Gasteiger partial charge >= 0.3 is 0 Å². The molecular formula is C23H28N6O2. The average Bonchev–Trinajstić information content (AvgIpc) is 3.24. The van der Waals surface area contributed by atoms with E-state index in [4.69, 9.17) is 15.5 Å². The standard InChI is InChI=1S/C23H28N6O2/c1-3-25-23(26-13-18-8-7-11-21(12-18)31-17-22(24)30)28(2)15-19-14-27-29(16-19)20-9-5-4-6-10-20/h4-12,14,16H,3,13,15,17H2,1-2H3,(H2,24,30)(H,25,26). The molecule has 0 saturated carbocycles. The monoisotopic (exact) mass is 420 g/mol. The van der Waals surface area contributed by atoms with Crippen molar-refractivity contribution in [2.75, 3.05) is 20.2 Å². The van der Waals surface area contributed by atoms with Crippen molar-refractivity contribution < 1.29 is 9.53 Å². The summed E-state index contributed by atoms with van der Waals surface area (Å²) in [6.07, 6.45) is 3.89. The molecule has 0 fully saturated rings. The highest BCUT2D eigenvalue weighted by Crippen LogP contribution is 2.14. The van der Waals surface area contributed by atoms with E-state index in [2.05, 4.69) is 15.3 Å². The van der Waals surface area contributed by atoms with Crippen molar-refractivity contribution in [3.8, 4) is 11.4 Å². The van der Waals surface area contributed by atoms with Gasteiger partial charge in [-0.15, -0.1) is 0 Å². The van der Waals surface area contributed by atoms with Gasteiger partial charge in [-0.3, -0.25) is 4.79 Å². The summed E-state index contributed by atoms with van der Waals surface area (Å²) in [4.78, 5) is 17.7. The Bertz CT molecular complexity index is 1020. The largest absolute Gasteiger partial charge is 0.484 e. The van der Waals surface area contributed by atoms with E-state index in [9.17, 15) is 4.79 Å². The molecule has 3 rings (SSSR count). The molecule has 0 radical (unpaired) electrons. The number of aromatic nitrogens is 2. The quantitative estimate of drug-likeness (QED) is 0.409. The van der Waals surface area contributed by atoms with E-state index in [0.717, 1.165) is 29.3 Å². The van der Waals surface area contributed by atoms with Gasteiger partial charge in [-0.1, -0.05) is 30.3 Å². The third-order valence-electron chi connectivity index (χ3n) is 4.46. The molecular weight excluding hydrogens is 392 g/mol. The van der Waals surface area contributed by atoms with Crippen molar-refractivity contribution in [1.82, 2.24) is 20.0 Å². The first-order chi connectivity index (χ1) is 15.0. The van der Waals surface area contributed by atoms with Gasteiger partial charge in [-0.25, -0.2) is 9.67 Å². The molecule has 0 atom stereocenters. The number of primary amides is 1. The number of guanidine groups is 1. The second-order valence-electron chi connectivity index (χ2n) is 7.06. The number of carbonyl (C=O) groups is 1. The number of ether oxygens (including phenoxy) is 1. The van der Waals surface area contributed by atoms with E-state index in [1.807, 2.05) is 79.6 Å². The zero-order valence-electron chi connectivity index (χ0n) is 17.9. The SMILES string of the molecule is CCNC(=NCc1cccc(OCC(N)=O)c1)N(C)Cc1cnn(-c2ccccc2)c1. The van der Waals surface area contributed by atoms with Gasteiger partial charge in [0.25, 0.3) is 5.91 Å². The zero-order chi connectivity index (χ0) is 22.1. The van der Waals surface area contributed by atoms with Gasteiger partial charge in [-0.05, 0) is 36.8 Å². The number of hydrogen-bond donors (Lipinski definition) is 2. The lowest BCUT2D eigenvalue weighted by Gasteiger charge is -2.21. The molecule has 162 valence electrons. The minimum atomic E-state index is -0.505. The topological polar surface area (TPSA) is 97.8 Å². The number of nitrogens with zero attached hydrogens (tertiary/aromatic N) is 4. The maximum atomic E-state index is 10.9. The maximum absolute atomic E-state index is 10.9. The molecule has 0 saturated heterocycles. The molecule has 0 aliphatic heterocycles. The number of nitrogens with one attached hydrogen (secondary N) is 1. The number of benzene rings is 2. The zero-order valence-corrected chi connectivity index (χ0v) is 17.9. The number of hydrogen-bond acceptors (Lipinski definition) is 4. The van der Waals surface area contributed by atoms with E-state index >= 15 is 0 Å². The van der Waals surface area contributed by atoms with Gasteiger partial charge in [0.1, 0.15) is 5.75 Å². The number of carbonyl (C=O) groups excluding carboxylic acids is 1. The predicted molar refractivity (Wildman–Crippen MR) is 121 cm³/mol. The van der Waals surface area contributed by atoms with Gasteiger partial charge < -0.3 is 20.7 Å². The Balaban J connectivity index is 1.66. The smallest absolute Gasteiger partial charge is 0.255 e. The number of aliphatic imine (C=N–C) groups is 1. The first kappa shape index (κ1) is 21.9. The Kier molecular flexibility index (Phi) is 7.64. The van der Waals surface area contributed by atoms with Crippen molar-refractivity contribution in [3.05, 3.63) is 78.1 Å². The average molecular weight is 421 g/mol. The lowest BCUT2D eigenvalue weighted by molar-refractivity contribution is -0.119. The molecule has 0 aliphatic rings. The molecule has 3 N–H and O–H groups in total. The molecule has 0 spiro atoms. The van der Waals surface area contributed by atoms with Crippen LogP contribution in [0.15, 0.2) is 72.0 Å². The number of para-hydroxylation sites is 1. The number of amides is 1. The normalized spacial score (nSPS) is 11.2. The van der Waals surface area contributed by atoms with Crippen LogP contribution in [0.1, 0.15) is 18.1 Å². The van der Waals surface area contributed by atoms with Crippen LogP contribution >= 0.6 is 0 Å². The molecule has 1 aromatic heterocycles. The third kappa shape index (κ3) is 6.60. The van der Waals surface area contributed by atoms with Crippen molar-refractivity contribution in [2.45, 2.75) is 20.0 Å². The Morgan fingerprint density at radius 1 is 1.19 bits per heavy atom.